The number of carbonyl (C=O) groups excluding carboxylic acids is 3. The number of fused-ring (bicyclic) bond motifs is 1. The number of para-hydroxylation sites is 1. The van der Waals surface area contributed by atoms with E-state index in [9.17, 15) is 19.6 Å². The van der Waals surface area contributed by atoms with Gasteiger partial charge in [-0.3, -0.25) is 4.79 Å². The number of nitriles is 1. The van der Waals surface area contributed by atoms with E-state index >= 15 is 0 Å². The third-order valence-electron chi connectivity index (χ3n) is 3.99. The monoisotopic (exact) mass is 372 g/mol. The van der Waals surface area contributed by atoms with E-state index < -0.39 is 23.5 Å². The minimum Gasteiger partial charge on any atom is -0.462 e. The molecule has 2 rings (SSSR count). The molecule has 1 aromatic heterocycles. The van der Waals surface area contributed by atoms with Gasteiger partial charge < -0.3 is 18.8 Å². The Morgan fingerprint density at radius 1 is 1.11 bits per heavy atom. The van der Waals surface area contributed by atoms with Crippen LogP contribution in [0.25, 0.3) is 10.9 Å². The maximum atomic E-state index is 12.9. The molecule has 0 atom stereocenters. The first-order valence-corrected chi connectivity index (χ1v) is 8.37. The Labute approximate surface area is 156 Å². The number of aryl methyl sites for hydroxylation is 1. The van der Waals surface area contributed by atoms with E-state index in [0.717, 1.165) is 6.92 Å². The third-order valence-corrected chi connectivity index (χ3v) is 3.99. The fourth-order valence-electron chi connectivity index (χ4n) is 2.98. The second kappa shape index (κ2) is 7.91. The van der Waals surface area contributed by atoms with E-state index in [2.05, 4.69) is 0 Å². The molecular formula is C19H20N2O6. The summed E-state index contributed by atoms with van der Waals surface area (Å²) in [6, 6.07) is 8.75. The number of rotatable bonds is 6. The number of hydrogen-bond donors (Lipinski definition) is 0. The Morgan fingerprint density at radius 2 is 1.67 bits per heavy atom. The Morgan fingerprint density at radius 3 is 2.15 bits per heavy atom. The Hall–Kier alpha value is -3.34. The predicted molar refractivity (Wildman–Crippen MR) is 94.3 cm³/mol. The van der Waals surface area contributed by atoms with Crippen molar-refractivity contribution < 1.29 is 28.6 Å². The molecule has 1 aromatic carbocycles. The minimum absolute atomic E-state index is 0.0152. The van der Waals surface area contributed by atoms with Gasteiger partial charge in [0.2, 0.25) is 0 Å². The minimum atomic E-state index is -2.54. The number of hydrogen-bond acceptors (Lipinski definition) is 7. The van der Waals surface area contributed by atoms with Crippen LogP contribution in [0.15, 0.2) is 24.3 Å². The number of aromatic nitrogens is 1. The molecule has 2 aromatic rings. The van der Waals surface area contributed by atoms with Gasteiger partial charge in [-0.15, -0.1) is 0 Å². The van der Waals surface area contributed by atoms with Crippen LogP contribution in [0.4, 0.5) is 0 Å². The van der Waals surface area contributed by atoms with Crippen LogP contribution in [-0.2, 0) is 41.2 Å². The molecular weight excluding hydrogens is 352 g/mol. The standard InChI is InChI=1S/C19H20N2O6/c1-5-25-17(23)19(27-12(3)22,18(24)26-6-2)16-13-9-7-8-10-14(13)21(4)15(16)11-20/h7-10H,5-6H2,1-4H3. The number of nitrogens with zero attached hydrogens (tertiary/aromatic N) is 2. The van der Waals surface area contributed by atoms with Crippen molar-refractivity contribution in [3.05, 3.63) is 35.5 Å². The molecule has 142 valence electrons. The van der Waals surface area contributed by atoms with Crippen molar-refractivity contribution in [2.75, 3.05) is 13.2 Å². The molecule has 8 nitrogen and oxygen atoms in total. The lowest BCUT2D eigenvalue weighted by Gasteiger charge is -2.28. The second-order valence-corrected chi connectivity index (χ2v) is 5.63. The SMILES string of the molecule is CCOC(=O)C(OC(C)=O)(C(=O)OCC)c1c(C#N)n(C)c2ccccc12. The highest BCUT2D eigenvalue weighted by Gasteiger charge is 2.57. The van der Waals surface area contributed by atoms with Crippen molar-refractivity contribution in [3.63, 3.8) is 0 Å². The highest BCUT2D eigenvalue weighted by Crippen LogP contribution is 2.39. The fourth-order valence-corrected chi connectivity index (χ4v) is 2.98. The van der Waals surface area contributed by atoms with Crippen LogP contribution >= 0.6 is 0 Å². The number of carbonyl (C=O) groups is 3. The molecule has 0 aliphatic rings. The number of esters is 3. The van der Waals surface area contributed by atoms with E-state index in [1.54, 1.807) is 45.2 Å². The van der Waals surface area contributed by atoms with Gasteiger partial charge in [-0.05, 0) is 19.9 Å². The molecule has 0 N–H and O–H groups in total. The van der Waals surface area contributed by atoms with Crippen molar-refractivity contribution in [2.45, 2.75) is 26.4 Å². The van der Waals surface area contributed by atoms with E-state index in [0.29, 0.717) is 10.9 Å². The maximum absolute atomic E-state index is 12.9. The zero-order valence-electron chi connectivity index (χ0n) is 15.6. The maximum Gasteiger partial charge on any atom is 0.367 e. The van der Waals surface area contributed by atoms with Crippen LogP contribution < -0.4 is 0 Å². The van der Waals surface area contributed by atoms with Gasteiger partial charge in [0.15, 0.2) is 0 Å². The van der Waals surface area contributed by atoms with Crippen molar-refractivity contribution in [3.8, 4) is 6.07 Å². The molecule has 0 fully saturated rings. The van der Waals surface area contributed by atoms with Crippen LogP contribution in [0.1, 0.15) is 32.0 Å². The number of ether oxygens (including phenoxy) is 3. The summed E-state index contributed by atoms with van der Waals surface area (Å²) in [6.45, 7) is 4.04. The highest BCUT2D eigenvalue weighted by atomic mass is 16.6. The summed E-state index contributed by atoms with van der Waals surface area (Å²) in [5.41, 5.74) is -2.05. The summed E-state index contributed by atoms with van der Waals surface area (Å²) >= 11 is 0. The summed E-state index contributed by atoms with van der Waals surface area (Å²) in [4.78, 5) is 37.7. The van der Waals surface area contributed by atoms with E-state index in [1.807, 2.05) is 6.07 Å². The smallest absolute Gasteiger partial charge is 0.367 e. The Kier molecular flexibility index (Phi) is 5.85. The van der Waals surface area contributed by atoms with Crippen molar-refractivity contribution >= 4 is 28.8 Å². The lowest BCUT2D eigenvalue weighted by atomic mass is 9.90. The first-order valence-electron chi connectivity index (χ1n) is 8.37. The molecule has 0 aliphatic carbocycles. The molecule has 0 saturated carbocycles. The van der Waals surface area contributed by atoms with E-state index in [-0.39, 0.29) is 24.5 Å². The summed E-state index contributed by atoms with van der Waals surface area (Å²) in [6.07, 6.45) is 0. The lowest BCUT2D eigenvalue weighted by molar-refractivity contribution is -0.197. The number of benzene rings is 1. The van der Waals surface area contributed by atoms with Crippen LogP contribution in [0.5, 0.6) is 0 Å². The molecule has 0 aliphatic heterocycles. The van der Waals surface area contributed by atoms with E-state index in [1.165, 1.54) is 4.57 Å². The Bertz CT molecular complexity index is 920. The molecule has 0 radical (unpaired) electrons. The van der Waals surface area contributed by atoms with Crippen molar-refractivity contribution in [1.82, 2.24) is 4.57 Å². The average molecular weight is 372 g/mol. The first kappa shape index (κ1) is 20.0. The molecule has 0 amide bonds. The van der Waals surface area contributed by atoms with Gasteiger partial charge in [0.05, 0.1) is 18.8 Å². The lowest BCUT2D eigenvalue weighted by Crippen LogP contribution is -2.50. The van der Waals surface area contributed by atoms with Gasteiger partial charge in [0.25, 0.3) is 0 Å². The Balaban J connectivity index is 2.99. The molecule has 8 heteroatoms. The molecule has 0 saturated heterocycles. The second-order valence-electron chi connectivity index (χ2n) is 5.63. The molecule has 27 heavy (non-hydrogen) atoms. The topological polar surface area (TPSA) is 108 Å². The van der Waals surface area contributed by atoms with Gasteiger partial charge in [-0.25, -0.2) is 9.59 Å². The molecule has 0 unspecified atom stereocenters. The average Bonchev–Trinajstić information content (AvgIpc) is 2.92. The van der Waals surface area contributed by atoms with Crippen LogP contribution in [0.3, 0.4) is 0 Å². The van der Waals surface area contributed by atoms with Crippen LogP contribution in [0.2, 0.25) is 0 Å². The van der Waals surface area contributed by atoms with Crippen LogP contribution in [-0.4, -0.2) is 35.7 Å². The summed E-state index contributed by atoms with van der Waals surface area (Å²) in [5, 5.41) is 10.1. The summed E-state index contributed by atoms with van der Waals surface area (Å²) in [5.74, 6) is -3.13. The third kappa shape index (κ3) is 3.24. The predicted octanol–water partition coefficient (Wildman–Crippen LogP) is 1.93. The van der Waals surface area contributed by atoms with Crippen molar-refractivity contribution in [2.24, 2.45) is 7.05 Å². The normalized spacial score (nSPS) is 10.9. The van der Waals surface area contributed by atoms with Crippen LogP contribution in [0, 0.1) is 11.3 Å². The van der Waals surface area contributed by atoms with Gasteiger partial charge in [-0.2, -0.15) is 5.26 Å². The van der Waals surface area contributed by atoms with Gasteiger partial charge in [0.1, 0.15) is 11.8 Å². The zero-order chi connectivity index (χ0) is 20.2. The fraction of sp³-hybridized carbons (Fsp3) is 0.368. The summed E-state index contributed by atoms with van der Waals surface area (Å²) in [7, 11) is 1.61. The molecule has 1 heterocycles. The largest absolute Gasteiger partial charge is 0.462 e. The highest BCUT2D eigenvalue weighted by molar-refractivity contribution is 6.10. The van der Waals surface area contributed by atoms with Gasteiger partial charge in [-0.1, -0.05) is 18.2 Å². The quantitative estimate of drug-likeness (QED) is 0.433. The van der Waals surface area contributed by atoms with Crippen molar-refractivity contribution in [1.29, 1.82) is 5.26 Å². The van der Waals surface area contributed by atoms with Gasteiger partial charge >= 0.3 is 23.5 Å². The van der Waals surface area contributed by atoms with E-state index in [4.69, 9.17) is 14.2 Å². The van der Waals surface area contributed by atoms with Gasteiger partial charge in [0, 0.05) is 24.9 Å². The summed E-state index contributed by atoms with van der Waals surface area (Å²) < 4.78 is 16.9. The molecule has 0 bridgehead atoms. The molecule has 0 spiro atoms. The zero-order valence-corrected chi connectivity index (χ0v) is 15.6. The first-order chi connectivity index (χ1) is 12.8.